The van der Waals surface area contributed by atoms with E-state index in [-0.39, 0.29) is 12.2 Å². The van der Waals surface area contributed by atoms with Crippen molar-refractivity contribution in [1.29, 1.82) is 0 Å². The number of hydrogen-bond donors (Lipinski definition) is 1. The van der Waals surface area contributed by atoms with Crippen molar-refractivity contribution in [3.8, 4) is 5.75 Å². The predicted octanol–water partition coefficient (Wildman–Crippen LogP) is 8.61. The van der Waals surface area contributed by atoms with Crippen LogP contribution >= 0.6 is 11.6 Å². The molecule has 5 rings (SSSR count). The average molecular weight is 562 g/mol. The van der Waals surface area contributed by atoms with Crippen molar-refractivity contribution in [3.63, 3.8) is 0 Å². The van der Waals surface area contributed by atoms with Gasteiger partial charge in [-0.25, -0.2) is 9.78 Å². The molecule has 0 fully saturated rings. The molecule has 6 heteroatoms. The molecule has 0 saturated heterocycles. The Morgan fingerprint density at radius 1 is 0.829 bits per heavy atom. The van der Waals surface area contributed by atoms with Crippen molar-refractivity contribution in [2.45, 2.75) is 6.10 Å². The normalized spacial score (nSPS) is 12.2. The number of halogens is 1. The van der Waals surface area contributed by atoms with Gasteiger partial charge in [-0.05, 0) is 59.2 Å². The molecule has 5 aromatic rings. The molecule has 0 spiro atoms. The Balaban J connectivity index is 1.35. The Hall–Kier alpha value is -4.71. The largest absolute Gasteiger partial charge is 0.490 e. The number of benzene rings is 4. The van der Waals surface area contributed by atoms with Crippen LogP contribution in [-0.2, 0) is 4.74 Å². The molecule has 0 amide bonds. The van der Waals surface area contributed by atoms with Gasteiger partial charge in [-0.15, -0.1) is 0 Å². The molecule has 5 nitrogen and oxygen atoms in total. The minimum atomic E-state index is -1.04. The Morgan fingerprint density at radius 2 is 1.61 bits per heavy atom. The molecule has 204 valence electrons. The molecule has 1 unspecified atom stereocenters. The van der Waals surface area contributed by atoms with Crippen LogP contribution in [0.5, 0.6) is 5.75 Å². The third kappa shape index (κ3) is 7.70. The summed E-state index contributed by atoms with van der Waals surface area (Å²) in [6.07, 6.45) is 7.47. The number of carbonyl (C=O) groups is 1. The van der Waals surface area contributed by atoms with E-state index in [4.69, 9.17) is 26.1 Å². The number of carboxylic acids is 1. The van der Waals surface area contributed by atoms with Gasteiger partial charge >= 0.3 is 5.97 Å². The Kier molecular flexibility index (Phi) is 9.22. The van der Waals surface area contributed by atoms with Crippen LogP contribution in [-0.4, -0.2) is 29.3 Å². The van der Waals surface area contributed by atoms with E-state index in [1.807, 2.05) is 109 Å². The van der Waals surface area contributed by atoms with E-state index >= 15 is 0 Å². The third-order valence-electron chi connectivity index (χ3n) is 6.42. The second-order valence-corrected chi connectivity index (χ2v) is 9.76. The van der Waals surface area contributed by atoms with Gasteiger partial charge in [0.05, 0.1) is 17.8 Å². The topological polar surface area (TPSA) is 68.7 Å². The number of aromatic nitrogens is 1. The van der Waals surface area contributed by atoms with Gasteiger partial charge in [-0.2, -0.15) is 0 Å². The van der Waals surface area contributed by atoms with Gasteiger partial charge in [0.25, 0.3) is 0 Å². The minimum absolute atomic E-state index is 0.107. The molecule has 1 N–H and O–H groups in total. The highest BCUT2D eigenvalue weighted by Crippen LogP contribution is 2.25. The highest BCUT2D eigenvalue weighted by Gasteiger charge is 2.16. The monoisotopic (exact) mass is 561 g/mol. The van der Waals surface area contributed by atoms with Gasteiger partial charge < -0.3 is 14.6 Å². The molecular weight excluding hydrogens is 534 g/mol. The van der Waals surface area contributed by atoms with Crippen LogP contribution < -0.4 is 4.74 Å². The number of carboxylic acid groups (broad SMARTS) is 1. The fourth-order valence-corrected chi connectivity index (χ4v) is 4.51. The van der Waals surface area contributed by atoms with E-state index in [9.17, 15) is 9.90 Å². The summed E-state index contributed by atoms with van der Waals surface area (Å²) in [4.78, 5) is 16.4. The lowest BCUT2D eigenvalue weighted by Crippen LogP contribution is -2.15. The van der Waals surface area contributed by atoms with Crippen LogP contribution in [0.3, 0.4) is 0 Å². The van der Waals surface area contributed by atoms with Crippen molar-refractivity contribution in [2.75, 3.05) is 13.2 Å². The van der Waals surface area contributed by atoms with Gasteiger partial charge in [0, 0.05) is 10.4 Å². The van der Waals surface area contributed by atoms with Crippen molar-refractivity contribution in [2.24, 2.45) is 0 Å². The van der Waals surface area contributed by atoms with Crippen LogP contribution in [0.15, 0.2) is 115 Å². The lowest BCUT2D eigenvalue weighted by Gasteiger charge is -2.19. The smallest absolute Gasteiger partial charge is 0.339 e. The van der Waals surface area contributed by atoms with E-state index < -0.39 is 12.1 Å². The molecule has 1 heterocycles. The molecule has 4 aromatic carbocycles. The second kappa shape index (κ2) is 13.6. The maximum absolute atomic E-state index is 11.7. The molecule has 0 aliphatic carbocycles. The van der Waals surface area contributed by atoms with E-state index in [1.165, 1.54) is 6.07 Å². The lowest BCUT2D eigenvalue weighted by molar-refractivity contribution is 0.0349. The van der Waals surface area contributed by atoms with Crippen LogP contribution in [0, 0.1) is 0 Å². The first-order valence-electron chi connectivity index (χ1n) is 13.2. The maximum atomic E-state index is 11.7. The first-order valence-corrected chi connectivity index (χ1v) is 13.6. The molecule has 0 saturated carbocycles. The molecule has 0 radical (unpaired) electrons. The van der Waals surface area contributed by atoms with Gasteiger partial charge in [0.1, 0.15) is 24.0 Å². The number of ether oxygens (including phenoxy) is 2. The molecule has 41 heavy (non-hydrogen) atoms. The quantitative estimate of drug-likeness (QED) is 0.175. The van der Waals surface area contributed by atoms with Gasteiger partial charge in [0.2, 0.25) is 0 Å². The van der Waals surface area contributed by atoms with Crippen LogP contribution in [0.1, 0.15) is 38.8 Å². The maximum Gasteiger partial charge on any atom is 0.339 e. The zero-order valence-corrected chi connectivity index (χ0v) is 22.9. The van der Waals surface area contributed by atoms with Crippen LogP contribution in [0.25, 0.3) is 29.1 Å². The number of pyridine rings is 1. The summed E-state index contributed by atoms with van der Waals surface area (Å²) in [5, 5.41) is 11.2. The van der Waals surface area contributed by atoms with Crippen molar-refractivity contribution >= 4 is 46.7 Å². The second-order valence-electron chi connectivity index (χ2n) is 9.32. The molecule has 0 aliphatic heterocycles. The number of nitrogens with zero attached hydrogens (tertiary/aromatic N) is 1. The molecule has 1 atom stereocenters. The predicted molar refractivity (Wildman–Crippen MR) is 165 cm³/mol. The van der Waals surface area contributed by atoms with Gasteiger partial charge in [-0.3, -0.25) is 0 Å². The van der Waals surface area contributed by atoms with Crippen LogP contribution in [0.4, 0.5) is 0 Å². The summed E-state index contributed by atoms with van der Waals surface area (Å²) in [5.74, 6) is -0.743. The average Bonchev–Trinajstić information content (AvgIpc) is 3.00. The molecule has 1 aromatic heterocycles. The van der Waals surface area contributed by atoms with E-state index in [0.717, 1.165) is 33.3 Å². The number of rotatable bonds is 11. The Bertz CT molecular complexity index is 1700. The summed E-state index contributed by atoms with van der Waals surface area (Å²) in [5.41, 5.74) is 4.72. The summed E-state index contributed by atoms with van der Waals surface area (Å²) in [6, 6.07) is 34.2. The van der Waals surface area contributed by atoms with Crippen molar-refractivity contribution in [1.82, 2.24) is 4.98 Å². The number of fused-ring (bicyclic) bond motifs is 1. The molecule has 0 aliphatic rings. The lowest BCUT2D eigenvalue weighted by atomic mass is 10.1. The fourth-order valence-electron chi connectivity index (χ4n) is 4.34. The summed E-state index contributed by atoms with van der Waals surface area (Å²) < 4.78 is 12.2. The first-order chi connectivity index (χ1) is 20.0. The van der Waals surface area contributed by atoms with E-state index in [0.29, 0.717) is 17.4 Å². The number of para-hydroxylation sites is 1. The number of aromatic carboxylic acids is 1. The first kappa shape index (κ1) is 27.8. The van der Waals surface area contributed by atoms with Crippen molar-refractivity contribution in [3.05, 3.63) is 148 Å². The molecular formula is C35H28ClNO4. The standard InChI is InChI=1S/C35H28ClNO4/c36-29-18-16-27-17-20-30(37-32(27)23-29)19-15-26-10-6-12-28(22-26)34(40-21-7-11-25-8-2-1-3-9-25)24-41-33-14-5-4-13-31(33)35(38)39/h1-20,22-23,34H,21,24H2,(H,38,39)/b11-7?,19-15+. The third-order valence-corrected chi connectivity index (χ3v) is 6.65. The number of hydrogen-bond acceptors (Lipinski definition) is 4. The van der Waals surface area contributed by atoms with E-state index in [1.54, 1.807) is 18.2 Å². The molecule has 0 bridgehead atoms. The van der Waals surface area contributed by atoms with Crippen LogP contribution in [0.2, 0.25) is 5.02 Å². The van der Waals surface area contributed by atoms with Crippen molar-refractivity contribution < 1.29 is 19.4 Å². The van der Waals surface area contributed by atoms with Gasteiger partial charge in [-0.1, -0.05) is 103 Å². The Labute approximate surface area is 244 Å². The highest BCUT2D eigenvalue weighted by atomic mass is 35.5. The van der Waals surface area contributed by atoms with E-state index in [2.05, 4.69) is 0 Å². The summed E-state index contributed by atoms with van der Waals surface area (Å²) in [7, 11) is 0. The fraction of sp³-hybridized carbons (Fsp3) is 0.0857. The SMILES string of the molecule is O=C(O)c1ccccc1OCC(OCC=Cc1ccccc1)c1cccc(/C=C/c2ccc3ccc(Cl)cc3n2)c1. The minimum Gasteiger partial charge on any atom is -0.490 e. The zero-order chi connectivity index (χ0) is 28.4. The highest BCUT2D eigenvalue weighted by molar-refractivity contribution is 6.31. The summed E-state index contributed by atoms with van der Waals surface area (Å²) >= 11 is 6.14. The zero-order valence-electron chi connectivity index (χ0n) is 22.2. The summed E-state index contributed by atoms with van der Waals surface area (Å²) in [6.45, 7) is 0.497. The Morgan fingerprint density at radius 3 is 2.46 bits per heavy atom. The van der Waals surface area contributed by atoms with Gasteiger partial charge in [0.15, 0.2) is 0 Å².